The minimum atomic E-state index is -0.286. The van der Waals surface area contributed by atoms with E-state index >= 15 is 0 Å². The highest BCUT2D eigenvalue weighted by molar-refractivity contribution is 5.95. The Labute approximate surface area is 438 Å². The van der Waals surface area contributed by atoms with Gasteiger partial charge in [-0.15, -0.1) is 0 Å². The predicted molar refractivity (Wildman–Crippen MR) is 299 cm³/mol. The molecule has 22 heteroatoms. The molecule has 0 aliphatic carbocycles. The first-order chi connectivity index (χ1) is 36.7. The van der Waals surface area contributed by atoms with Crippen molar-refractivity contribution in [3.8, 4) is 0 Å². The fourth-order valence-corrected chi connectivity index (χ4v) is 9.51. The van der Waals surface area contributed by atoms with E-state index < -0.39 is 0 Å². The largest absolute Gasteiger partial charge is 0.382 e. The highest BCUT2D eigenvalue weighted by Gasteiger charge is 2.25. The normalized spacial score (nSPS) is 14.9. The molecule has 1 unspecified atom stereocenters. The molecule has 22 nitrogen and oxygen atoms in total. The summed E-state index contributed by atoms with van der Waals surface area (Å²) < 4.78 is 3.92. The van der Waals surface area contributed by atoms with Gasteiger partial charge in [-0.25, -0.2) is 4.98 Å². The van der Waals surface area contributed by atoms with Gasteiger partial charge in [0.2, 0.25) is 23.7 Å². The number of nitrogen functional groups attached to an aromatic ring is 1. The summed E-state index contributed by atoms with van der Waals surface area (Å²) in [7, 11) is 0. The molecule has 2 amide bonds. The van der Waals surface area contributed by atoms with Gasteiger partial charge in [0.25, 0.3) is 5.56 Å². The van der Waals surface area contributed by atoms with E-state index in [0.717, 1.165) is 49.5 Å². The second kappa shape index (κ2) is 21.8. The quantitative estimate of drug-likeness (QED) is 0.0419. The number of aromatic amines is 1. The standard InChI is InChI=1S/C54H61N19O3/c1-31(2)72-28-35(47-50(72)63-54(65-52(47)76)61-46-26-39(14-20-44(46)59-34(6)75)69-66-36-9-15-41(16-10-36)70-22-7-8-23-70)27-56-40-21-24-71(29-40)42-17-11-37(12-18-42)67-68-38-13-19-43(58-33(5)74)45(25-38)60-53-62-49(55)48-51(64-53)73(30-57-48)32(3)4/h9-20,25-26,28,30-32,40,56H,7-8,21-24,27,29H2,1-6H3,(H,58,74)(H,59,75)(H3,55,60,62,64)(H2,61,63,65,76)/b68-67+,69-66+. The Bertz CT molecular complexity index is 3560. The summed E-state index contributed by atoms with van der Waals surface area (Å²) in [5.74, 6) is 0.198. The van der Waals surface area contributed by atoms with Crippen molar-refractivity contribution < 1.29 is 9.59 Å². The van der Waals surface area contributed by atoms with Crippen molar-refractivity contribution in [1.82, 2.24) is 39.4 Å². The fourth-order valence-electron chi connectivity index (χ4n) is 9.51. The Morgan fingerprint density at radius 1 is 0.684 bits per heavy atom. The lowest BCUT2D eigenvalue weighted by Crippen LogP contribution is -2.32. The number of nitrogens with one attached hydrogen (secondary N) is 6. The molecule has 2 saturated heterocycles. The number of hydrogen-bond acceptors (Lipinski definition) is 17. The molecule has 0 bridgehead atoms. The van der Waals surface area contributed by atoms with Gasteiger partial charge in [0.1, 0.15) is 11.2 Å². The first-order valence-corrected chi connectivity index (χ1v) is 25.5. The highest BCUT2D eigenvalue weighted by Crippen LogP contribution is 2.35. The lowest BCUT2D eigenvalue weighted by atomic mass is 10.2. The average molecular weight is 1020 g/mol. The molecule has 8 aromatic rings. The van der Waals surface area contributed by atoms with Crippen molar-refractivity contribution in [3.63, 3.8) is 0 Å². The zero-order valence-electron chi connectivity index (χ0n) is 43.3. The SMILES string of the molecule is CC(=O)Nc1ccc(/N=N/c2ccc(N3CCC(NCc4cn(C(C)C)c5nc(Nc6cc(/N=N/c7ccc(N8CCCC8)cc7)ccc6NC(C)=O)[nH]c(=O)c45)C3)cc2)cc1Nc1nc(N)c2ncn(C(C)C)c2n1. The molecule has 76 heavy (non-hydrogen) atoms. The number of H-pyrrole nitrogens is 1. The molecule has 0 radical (unpaired) electrons. The topological polar surface area (TPSA) is 271 Å². The number of nitrogens with zero attached hydrogens (tertiary/aromatic N) is 12. The Morgan fingerprint density at radius 3 is 1.84 bits per heavy atom. The third kappa shape index (κ3) is 11.4. The van der Waals surface area contributed by atoms with Crippen molar-refractivity contribution in [3.05, 3.63) is 113 Å². The summed E-state index contributed by atoms with van der Waals surface area (Å²) >= 11 is 0. The molecule has 0 saturated carbocycles. The molecule has 1 atom stereocenters. The third-order valence-electron chi connectivity index (χ3n) is 13.3. The van der Waals surface area contributed by atoms with Crippen molar-refractivity contribution in [1.29, 1.82) is 0 Å². The van der Waals surface area contributed by atoms with Gasteiger partial charge in [-0.05, 0) is 137 Å². The maximum atomic E-state index is 14.0. The van der Waals surface area contributed by atoms with Crippen LogP contribution in [-0.2, 0) is 16.1 Å². The van der Waals surface area contributed by atoms with Gasteiger partial charge in [-0.1, -0.05) is 0 Å². The molecule has 4 aromatic heterocycles. The second-order valence-electron chi connectivity index (χ2n) is 19.6. The predicted octanol–water partition coefficient (Wildman–Crippen LogP) is 10.8. The number of benzene rings is 4. The highest BCUT2D eigenvalue weighted by atomic mass is 16.2. The number of azo groups is 2. The zero-order valence-corrected chi connectivity index (χ0v) is 43.3. The van der Waals surface area contributed by atoms with E-state index in [0.29, 0.717) is 68.6 Å². The molecule has 390 valence electrons. The number of nitrogens with two attached hydrogens (primary N) is 1. The number of amides is 2. The van der Waals surface area contributed by atoms with Gasteiger partial charge in [-0.2, -0.15) is 35.4 Å². The van der Waals surface area contributed by atoms with E-state index in [4.69, 9.17) is 10.7 Å². The Kier molecular flexibility index (Phi) is 14.5. The van der Waals surface area contributed by atoms with Crippen LogP contribution in [0.15, 0.2) is 123 Å². The van der Waals surface area contributed by atoms with E-state index in [2.05, 4.69) is 103 Å². The minimum Gasteiger partial charge on any atom is -0.382 e. The van der Waals surface area contributed by atoms with Crippen molar-refractivity contribution >= 4 is 109 Å². The zero-order chi connectivity index (χ0) is 53.0. The number of rotatable bonds is 17. The van der Waals surface area contributed by atoms with Crippen LogP contribution in [0.1, 0.15) is 78.5 Å². The van der Waals surface area contributed by atoms with Crippen molar-refractivity contribution in [2.24, 2.45) is 20.5 Å². The smallest absolute Gasteiger partial charge is 0.262 e. The van der Waals surface area contributed by atoms with E-state index in [1.807, 2.05) is 65.6 Å². The van der Waals surface area contributed by atoms with Crippen molar-refractivity contribution in [2.75, 3.05) is 63.0 Å². The van der Waals surface area contributed by atoms with Crippen LogP contribution in [0.2, 0.25) is 0 Å². The lowest BCUT2D eigenvalue weighted by Gasteiger charge is -2.19. The van der Waals surface area contributed by atoms with Crippen LogP contribution in [0.3, 0.4) is 0 Å². The number of carbonyl (C=O) groups excluding carboxylic acids is 2. The van der Waals surface area contributed by atoms with E-state index in [-0.39, 0.29) is 53.2 Å². The molecule has 2 aliphatic rings. The summed E-state index contributed by atoms with van der Waals surface area (Å²) in [5, 5.41) is 34.3. The molecule has 2 fully saturated rings. The Hall–Kier alpha value is -9.05. The average Bonchev–Trinajstić information content (AvgIpc) is 4.25. The van der Waals surface area contributed by atoms with Gasteiger partial charge in [0.05, 0.1) is 57.2 Å². The van der Waals surface area contributed by atoms with Crippen LogP contribution >= 0.6 is 0 Å². The second-order valence-corrected chi connectivity index (χ2v) is 19.6. The Balaban J connectivity index is 0.789. The maximum absolute atomic E-state index is 14.0. The molecule has 0 spiro atoms. The summed E-state index contributed by atoms with van der Waals surface area (Å²) in [6, 6.07) is 26.8. The van der Waals surface area contributed by atoms with Crippen LogP contribution < -0.4 is 47.7 Å². The third-order valence-corrected chi connectivity index (χ3v) is 13.3. The van der Waals surface area contributed by atoms with Crippen LogP contribution in [0.25, 0.3) is 22.2 Å². The first-order valence-electron chi connectivity index (χ1n) is 25.5. The number of anilines is 9. The molecular formula is C54H61N19O3. The summed E-state index contributed by atoms with van der Waals surface area (Å²) in [6.45, 7) is 15.2. The van der Waals surface area contributed by atoms with Gasteiger partial charge in [0.15, 0.2) is 11.5 Å². The van der Waals surface area contributed by atoms with Crippen LogP contribution in [0.4, 0.5) is 74.6 Å². The van der Waals surface area contributed by atoms with E-state index in [1.54, 1.807) is 42.7 Å². The molecule has 2 aliphatic heterocycles. The number of imidazole rings is 1. The van der Waals surface area contributed by atoms with Crippen LogP contribution in [0.5, 0.6) is 0 Å². The number of carbonyl (C=O) groups is 2. The van der Waals surface area contributed by atoms with Gasteiger partial charge in [-0.3, -0.25) is 19.4 Å². The monoisotopic (exact) mass is 1020 g/mol. The molecule has 6 heterocycles. The van der Waals surface area contributed by atoms with E-state index in [1.165, 1.54) is 32.4 Å². The van der Waals surface area contributed by atoms with E-state index in [9.17, 15) is 14.4 Å². The fraction of sp³-hybridized carbons (Fsp3) is 0.315. The van der Waals surface area contributed by atoms with Crippen LogP contribution in [-0.4, -0.2) is 78.1 Å². The van der Waals surface area contributed by atoms with Crippen LogP contribution in [0, 0.1) is 0 Å². The number of fused-ring (bicyclic) bond motifs is 2. The Morgan fingerprint density at radius 2 is 1.25 bits per heavy atom. The minimum absolute atomic E-state index is 0.0134. The van der Waals surface area contributed by atoms with Gasteiger partial charge >= 0.3 is 0 Å². The molecule has 8 N–H and O–H groups in total. The van der Waals surface area contributed by atoms with Gasteiger partial charge in [0, 0.05) is 82.3 Å². The number of aromatic nitrogens is 7. The summed E-state index contributed by atoms with van der Waals surface area (Å²) in [4.78, 5) is 64.4. The number of hydrogen-bond donors (Lipinski definition) is 7. The lowest BCUT2D eigenvalue weighted by molar-refractivity contribution is -0.115. The summed E-state index contributed by atoms with van der Waals surface area (Å²) in [5.41, 5.74) is 15.2. The molecule has 10 rings (SSSR count). The summed E-state index contributed by atoms with van der Waals surface area (Å²) in [6.07, 6.45) is 7.01. The van der Waals surface area contributed by atoms with Gasteiger partial charge < -0.3 is 51.3 Å². The first kappa shape index (κ1) is 50.5. The maximum Gasteiger partial charge on any atom is 0.262 e. The van der Waals surface area contributed by atoms with Crippen molar-refractivity contribution in [2.45, 2.75) is 85.5 Å². The molecule has 4 aromatic carbocycles. The molecular weight excluding hydrogens is 963 g/mol.